The highest BCUT2D eigenvalue weighted by atomic mass is 16.5. The Morgan fingerprint density at radius 1 is 0.931 bits per heavy atom. The zero-order valence-corrected chi connectivity index (χ0v) is 16.8. The van der Waals surface area contributed by atoms with Gasteiger partial charge in [-0.15, -0.1) is 0 Å². The quantitative estimate of drug-likeness (QED) is 0.553. The lowest BCUT2D eigenvalue weighted by molar-refractivity contribution is 0.0972. The molecule has 1 aliphatic rings. The van der Waals surface area contributed by atoms with Gasteiger partial charge in [-0.25, -0.2) is 0 Å². The molecule has 1 aliphatic heterocycles. The molecule has 4 heteroatoms. The van der Waals surface area contributed by atoms with Crippen LogP contribution in [0.4, 0.5) is 5.69 Å². The Morgan fingerprint density at radius 2 is 1.69 bits per heavy atom. The van der Waals surface area contributed by atoms with E-state index in [0.29, 0.717) is 12.0 Å². The van der Waals surface area contributed by atoms with Gasteiger partial charge >= 0.3 is 0 Å². The first-order chi connectivity index (χ1) is 14.2. The van der Waals surface area contributed by atoms with Crippen molar-refractivity contribution in [3.8, 4) is 11.5 Å². The first-order valence-electron chi connectivity index (χ1n) is 9.85. The van der Waals surface area contributed by atoms with Crippen molar-refractivity contribution in [2.75, 3.05) is 25.7 Å². The van der Waals surface area contributed by atoms with Gasteiger partial charge in [0.2, 0.25) is 0 Å². The molecule has 0 fully saturated rings. The minimum Gasteiger partial charge on any atom is -0.497 e. The molecule has 29 heavy (non-hydrogen) atoms. The van der Waals surface area contributed by atoms with Crippen LogP contribution in [0.1, 0.15) is 33.9 Å². The van der Waals surface area contributed by atoms with Crippen molar-refractivity contribution in [3.05, 3.63) is 89.5 Å². The van der Waals surface area contributed by atoms with Crippen molar-refractivity contribution in [1.82, 2.24) is 0 Å². The molecule has 148 valence electrons. The van der Waals surface area contributed by atoms with Crippen LogP contribution in [0.15, 0.2) is 72.8 Å². The Labute approximate surface area is 171 Å². The highest BCUT2D eigenvalue weighted by Crippen LogP contribution is 2.37. The number of hydrogen-bond donors (Lipinski definition) is 0. The third-order valence-electron chi connectivity index (χ3n) is 5.59. The average Bonchev–Trinajstić information content (AvgIpc) is 2.79. The van der Waals surface area contributed by atoms with E-state index in [-0.39, 0.29) is 11.8 Å². The first-order valence-corrected chi connectivity index (χ1v) is 9.85. The van der Waals surface area contributed by atoms with Crippen LogP contribution in [0.3, 0.4) is 0 Å². The standard InChI is InChI=1S/C25H25NO3/c1-28-21-12-10-19(11-13-21)25(27)17-24-23-9-4-3-6-18(23)14-15-26(24)20-7-5-8-22(16-20)29-2/h3-13,16,24H,14-15,17H2,1-2H3. The Morgan fingerprint density at radius 3 is 2.45 bits per heavy atom. The van der Waals surface area contributed by atoms with Crippen LogP contribution in [0, 0.1) is 0 Å². The Balaban J connectivity index is 1.67. The van der Waals surface area contributed by atoms with Gasteiger partial charge in [-0.1, -0.05) is 30.3 Å². The van der Waals surface area contributed by atoms with Gasteiger partial charge in [0.1, 0.15) is 11.5 Å². The second-order valence-corrected chi connectivity index (χ2v) is 7.22. The number of Topliss-reactive ketones (excluding diaryl/α,β-unsaturated/α-hetero) is 1. The fraction of sp³-hybridized carbons (Fsp3) is 0.240. The van der Waals surface area contributed by atoms with Crippen molar-refractivity contribution in [2.45, 2.75) is 18.9 Å². The molecular weight excluding hydrogens is 362 g/mol. The van der Waals surface area contributed by atoms with E-state index in [0.717, 1.165) is 30.2 Å². The smallest absolute Gasteiger partial charge is 0.165 e. The lowest BCUT2D eigenvalue weighted by Crippen LogP contribution is -2.36. The third-order valence-corrected chi connectivity index (χ3v) is 5.59. The molecule has 0 radical (unpaired) electrons. The van der Waals surface area contributed by atoms with E-state index in [1.165, 1.54) is 11.1 Å². The molecule has 3 aromatic carbocycles. The maximum atomic E-state index is 13.1. The van der Waals surface area contributed by atoms with Gasteiger partial charge in [-0.05, 0) is 53.9 Å². The van der Waals surface area contributed by atoms with Crippen molar-refractivity contribution in [1.29, 1.82) is 0 Å². The van der Waals surface area contributed by atoms with E-state index in [2.05, 4.69) is 35.2 Å². The molecule has 1 unspecified atom stereocenters. The molecule has 0 amide bonds. The number of rotatable bonds is 6. The Bertz CT molecular complexity index is 997. The zero-order chi connectivity index (χ0) is 20.2. The van der Waals surface area contributed by atoms with Gasteiger partial charge < -0.3 is 14.4 Å². The van der Waals surface area contributed by atoms with Gasteiger partial charge in [0.15, 0.2) is 5.78 Å². The summed E-state index contributed by atoms with van der Waals surface area (Å²) in [6, 6.07) is 23.8. The van der Waals surface area contributed by atoms with Gasteiger partial charge in [0.25, 0.3) is 0 Å². The van der Waals surface area contributed by atoms with E-state index in [1.807, 2.05) is 42.5 Å². The SMILES string of the molecule is COc1ccc(C(=O)CC2c3ccccc3CCN2c2cccc(OC)c2)cc1. The second-order valence-electron chi connectivity index (χ2n) is 7.22. The number of carbonyl (C=O) groups excluding carboxylic acids is 1. The fourth-order valence-corrected chi connectivity index (χ4v) is 4.04. The number of carbonyl (C=O) groups is 1. The monoisotopic (exact) mass is 387 g/mol. The molecule has 0 spiro atoms. The van der Waals surface area contributed by atoms with E-state index in [1.54, 1.807) is 14.2 Å². The van der Waals surface area contributed by atoms with Gasteiger partial charge in [0, 0.05) is 30.3 Å². The number of methoxy groups -OCH3 is 2. The fourth-order valence-electron chi connectivity index (χ4n) is 4.04. The minimum atomic E-state index is -0.0124. The molecule has 4 nitrogen and oxygen atoms in total. The van der Waals surface area contributed by atoms with E-state index >= 15 is 0 Å². The van der Waals surface area contributed by atoms with Crippen LogP contribution >= 0.6 is 0 Å². The average molecular weight is 387 g/mol. The number of nitrogens with zero attached hydrogens (tertiary/aromatic N) is 1. The van der Waals surface area contributed by atoms with Crippen molar-refractivity contribution >= 4 is 11.5 Å². The van der Waals surface area contributed by atoms with E-state index in [9.17, 15) is 4.79 Å². The molecule has 1 atom stereocenters. The normalized spacial score (nSPS) is 15.5. The lowest BCUT2D eigenvalue weighted by Gasteiger charge is -2.39. The van der Waals surface area contributed by atoms with Gasteiger partial charge in [-0.2, -0.15) is 0 Å². The van der Waals surface area contributed by atoms with E-state index < -0.39 is 0 Å². The topological polar surface area (TPSA) is 38.8 Å². The first kappa shape index (κ1) is 19.1. The largest absolute Gasteiger partial charge is 0.497 e. The van der Waals surface area contributed by atoms with Crippen molar-refractivity contribution < 1.29 is 14.3 Å². The summed E-state index contributed by atoms with van der Waals surface area (Å²) in [6.07, 6.45) is 1.38. The zero-order valence-electron chi connectivity index (χ0n) is 16.8. The van der Waals surface area contributed by atoms with Crippen LogP contribution in [0.25, 0.3) is 0 Å². The summed E-state index contributed by atoms with van der Waals surface area (Å²) in [6.45, 7) is 0.866. The summed E-state index contributed by atoms with van der Waals surface area (Å²) in [7, 11) is 3.30. The molecule has 0 saturated carbocycles. The Kier molecular flexibility index (Phi) is 5.52. The number of ketones is 1. The van der Waals surface area contributed by atoms with Crippen LogP contribution < -0.4 is 14.4 Å². The molecule has 1 heterocycles. The summed E-state index contributed by atoms with van der Waals surface area (Å²) in [5.41, 5.74) is 4.33. The summed E-state index contributed by atoms with van der Waals surface area (Å²) in [5, 5.41) is 0. The summed E-state index contributed by atoms with van der Waals surface area (Å²) >= 11 is 0. The van der Waals surface area contributed by atoms with Gasteiger partial charge in [-0.3, -0.25) is 4.79 Å². The Hall–Kier alpha value is -3.27. The van der Waals surface area contributed by atoms with Gasteiger partial charge in [0.05, 0.1) is 20.3 Å². The molecular formula is C25H25NO3. The van der Waals surface area contributed by atoms with Crippen LogP contribution in [-0.2, 0) is 6.42 Å². The highest BCUT2D eigenvalue weighted by molar-refractivity contribution is 5.97. The highest BCUT2D eigenvalue weighted by Gasteiger charge is 2.29. The van der Waals surface area contributed by atoms with Crippen LogP contribution in [0.5, 0.6) is 11.5 Å². The van der Waals surface area contributed by atoms with E-state index in [4.69, 9.17) is 9.47 Å². The van der Waals surface area contributed by atoms with Crippen molar-refractivity contribution in [2.24, 2.45) is 0 Å². The number of hydrogen-bond acceptors (Lipinski definition) is 4. The maximum absolute atomic E-state index is 13.1. The molecule has 3 aromatic rings. The molecule has 4 rings (SSSR count). The number of fused-ring (bicyclic) bond motifs is 1. The summed E-state index contributed by atoms with van der Waals surface area (Å²) < 4.78 is 10.6. The summed E-state index contributed by atoms with van der Waals surface area (Å²) in [4.78, 5) is 15.5. The predicted molar refractivity (Wildman–Crippen MR) is 115 cm³/mol. The summed E-state index contributed by atoms with van der Waals surface area (Å²) in [5.74, 6) is 1.70. The molecule has 0 aliphatic carbocycles. The molecule has 0 aromatic heterocycles. The third kappa shape index (κ3) is 3.97. The number of anilines is 1. The van der Waals surface area contributed by atoms with Crippen LogP contribution in [0.2, 0.25) is 0 Å². The number of ether oxygens (including phenoxy) is 2. The molecule has 0 N–H and O–H groups in total. The second kappa shape index (κ2) is 8.39. The maximum Gasteiger partial charge on any atom is 0.165 e. The minimum absolute atomic E-state index is 0.0124. The molecule has 0 bridgehead atoms. The molecule has 0 saturated heterocycles. The lowest BCUT2D eigenvalue weighted by atomic mass is 9.88. The predicted octanol–water partition coefficient (Wildman–Crippen LogP) is 5.08. The van der Waals surface area contributed by atoms with Crippen molar-refractivity contribution in [3.63, 3.8) is 0 Å². The number of benzene rings is 3. The van der Waals surface area contributed by atoms with Crippen LogP contribution in [-0.4, -0.2) is 26.5 Å².